The number of nitrogens with one attached hydrogen (secondary N) is 2. The second kappa shape index (κ2) is 6.14. The van der Waals surface area contributed by atoms with Crippen LogP contribution in [0.5, 0.6) is 0 Å². The first-order valence-electron chi connectivity index (χ1n) is 5.35. The third-order valence-corrected chi connectivity index (χ3v) is 5.93. The van der Waals surface area contributed by atoms with Gasteiger partial charge in [-0.2, -0.15) is 0 Å². The number of thiophene rings is 1. The predicted molar refractivity (Wildman–Crippen MR) is 75.3 cm³/mol. The summed E-state index contributed by atoms with van der Waals surface area (Å²) in [5.74, 6) is 0.463. The van der Waals surface area contributed by atoms with Gasteiger partial charge in [0, 0.05) is 17.5 Å². The number of sulfonamides is 1. The van der Waals surface area contributed by atoms with Crippen molar-refractivity contribution in [1.29, 1.82) is 0 Å². The molecule has 0 saturated carbocycles. The summed E-state index contributed by atoms with van der Waals surface area (Å²) in [6.45, 7) is 0.701. The molecule has 0 saturated heterocycles. The Morgan fingerprint density at radius 3 is 2.89 bits per heavy atom. The summed E-state index contributed by atoms with van der Waals surface area (Å²) in [5.41, 5.74) is 0. The molecule has 6 nitrogen and oxygen atoms in total. The number of halogens is 1. The van der Waals surface area contributed by atoms with Crippen LogP contribution in [0.25, 0.3) is 0 Å². The van der Waals surface area contributed by atoms with Gasteiger partial charge in [0.25, 0.3) is 0 Å². The van der Waals surface area contributed by atoms with E-state index < -0.39 is 10.0 Å². The number of aromatic nitrogens is 1. The van der Waals surface area contributed by atoms with Gasteiger partial charge in [-0.1, -0.05) is 5.16 Å². The Kier molecular flexibility index (Phi) is 4.74. The van der Waals surface area contributed by atoms with Gasteiger partial charge in [0.1, 0.15) is 4.90 Å². The van der Waals surface area contributed by atoms with Crippen LogP contribution in [0.3, 0.4) is 0 Å². The lowest BCUT2D eigenvalue weighted by Gasteiger charge is -2.03. The smallest absolute Gasteiger partial charge is 0.242 e. The van der Waals surface area contributed by atoms with Gasteiger partial charge in [-0.25, -0.2) is 13.1 Å². The molecule has 2 rings (SSSR count). The van der Waals surface area contributed by atoms with E-state index in [1.54, 1.807) is 12.1 Å². The number of nitrogens with zero attached hydrogens (tertiary/aromatic N) is 1. The summed E-state index contributed by atoms with van der Waals surface area (Å²) in [4.78, 5) is 1.18. The third-order valence-electron chi connectivity index (χ3n) is 2.27. The minimum absolute atomic E-state index is 0.0754. The zero-order valence-corrected chi connectivity index (χ0v) is 13.2. The molecule has 0 radical (unpaired) electrons. The quantitative estimate of drug-likeness (QED) is 0.813. The molecule has 0 aromatic carbocycles. The molecule has 0 bridgehead atoms. The first kappa shape index (κ1) is 14.7. The maximum Gasteiger partial charge on any atom is 0.242 e. The van der Waals surface area contributed by atoms with Gasteiger partial charge in [-0.05, 0) is 29.0 Å². The normalized spacial score (nSPS) is 11.9. The Morgan fingerprint density at radius 2 is 2.26 bits per heavy atom. The number of rotatable bonds is 6. The van der Waals surface area contributed by atoms with Crippen LogP contribution in [0.2, 0.25) is 0 Å². The lowest BCUT2D eigenvalue weighted by molar-refractivity contribution is 0.380. The fourth-order valence-electron chi connectivity index (χ4n) is 1.42. The number of hydrogen-bond acceptors (Lipinski definition) is 6. The zero-order chi connectivity index (χ0) is 13.9. The highest BCUT2D eigenvalue weighted by atomic mass is 79.9. The fraction of sp³-hybridized carbons (Fsp3) is 0.300. The van der Waals surface area contributed by atoms with Crippen molar-refractivity contribution < 1.29 is 12.9 Å². The monoisotopic (exact) mass is 365 g/mol. The average Bonchev–Trinajstić information content (AvgIpc) is 2.97. The van der Waals surface area contributed by atoms with Crippen LogP contribution in [0.4, 0.5) is 0 Å². The Bertz CT molecular complexity index is 637. The maximum atomic E-state index is 12.1. The SMILES string of the molecule is CNCc1cc(S(=O)(=O)NCc2ccno2)c(Br)s1. The van der Waals surface area contributed by atoms with E-state index >= 15 is 0 Å². The molecule has 0 amide bonds. The summed E-state index contributed by atoms with van der Waals surface area (Å²) in [7, 11) is -1.76. The lowest BCUT2D eigenvalue weighted by Crippen LogP contribution is -2.22. The standard InChI is InChI=1S/C10H12BrN3O3S2/c1-12-6-8-4-9(10(11)18-8)19(15,16)14-5-7-2-3-13-17-7/h2-4,12,14H,5-6H2,1H3. The second-order valence-corrected chi connectivity index (χ2v) is 7.87. The Morgan fingerprint density at radius 1 is 1.47 bits per heavy atom. The van der Waals surface area contributed by atoms with Gasteiger partial charge in [0.05, 0.1) is 16.5 Å². The van der Waals surface area contributed by atoms with E-state index in [1.165, 1.54) is 17.5 Å². The van der Waals surface area contributed by atoms with E-state index in [9.17, 15) is 8.42 Å². The van der Waals surface area contributed by atoms with Crippen LogP contribution >= 0.6 is 27.3 Å². The molecule has 19 heavy (non-hydrogen) atoms. The van der Waals surface area contributed by atoms with Crippen molar-refractivity contribution in [3.63, 3.8) is 0 Å². The molecule has 2 aromatic rings. The van der Waals surface area contributed by atoms with Gasteiger partial charge in [-0.3, -0.25) is 0 Å². The molecule has 0 unspecified atom stereocenters. The second-order valence-electron chi connectivity index (χ2n) is 3.68. The average molecular weight is 366 g/mol. The molecule has 2 aromatic heterocycles. The van der Waals surface area contributed by atoms with E-state index in [0.717, 1.165) is 4.88 Å². The zero-order valence-electron chi connectivity index (χ0n) is 10.0. The van der Waals surface area contributed by atoms with Gasteiger partial charge in [-0.15, -0.1) is 11.3 Å². The van der Waals surface area contributed by atoms with Crippen LogP contribution in [-0.2, 0) is 23.1 Å². The highest BCUT2D eigenvalue weighted by molar-refractivity contribution is 9.11. The van der Waals surface area contributed by atoms with Gasteiger partial charge in [0.2, 0.25) is 10.0 Å². The Labute approximate surface area is 123 Å². The fourth-order valence-corrected chi connectivity index (χ4v) is 5.11. The molecule has 2 N–H and O–H groups in total. The van der Waals surface area contributed by atoms with Crippen LogP contribution in [0.15, 0.2) is 31.5 Å². The molecule has 0 aliphatic heterocycles. The molecule has 9 heteroatoms. The van der Waals surface area contributed by atoms with Crippen LogP contribution < -0.4 is 10.0 Å². The van der Waals surface area contributed by atoms with E-state index in [4.69, 9.17) is 4.52 Å². The summed E-state index contributed by atoms with van der Waals surface area (Å²) in [6.07, 6.45) is 1.47. The van der Waals surface area contributed by atoms with Crippen LogP contribution in [0, 0.1) is 0 Å². The highest BCUT2D eigenvalue weighted by Crippen LogP contribution is 2.31. The molecule has 2 heterocycles. The minimum Gasteiger partial charge on any atom is -0.360 e. The molecular weight excluding hydrogens is 354 g/mol. The largest absolute Gasteiger partial charge is 0.360 e. The first-order valence-corrected chi connectivity index (χ1v) is 8.44. The van der Waals surface area contributed by atoms with Crippen molar-refractivity contribution in [2.75, 3.05) is 7.05 Å². The van der Waals surface area contributed by atoms with Gasteiger partial charge >= 0.3 is 0 Å². The molecule has 0 aliphatic carbocycles. The van der Waals surface area contributed by atoms with Gasteiger partial charge in [0.15, 0.2) is 5.76 Å². The number of hydrogen-bond donors (Lipinski definition) is 2. The summed E-state index contributed by atoms with van der Waals surface area (Å²) < 4.78 is 32.2. The van der Waals surface area contributed by atoms with E-state index in [1.807, 2.05) is 7.05 Å². The summed E-state index contributed by atoms with van der Waals surface area (Å²) in [6, 6.07) is 3.26. The van der Waals surface area contributed by atoms with E-state index in [0.29, 0.717) is 16.1 Å². The lowest BCUT2D eigenvalue weighted by atomic mass is 10.5. The van der Waals surface area contributed by atoms with Gasteiger partial charge < -0.3 is 9.84 Å². The highest BCUT2D eigenvalue weighted by Gasteiger charge is 2.21. The third kappa shape index (κ3) is 3.63. The van der Waals surface area contributed by atoms with Crippen molar-refractivity contribution >= 4 is 37.3 Å². The molecule has 0 fully saturated rings. The van der Waals surface area contributed by atoms with Crippen LogP contribution in [-0.4, -0.2) is 20.6 Å². The van der Waals surface area contributed by atoms with Crippen molar-refractivity contribution in [1.82, 2.24) is 15.2 Å². The van der Waals surface area contributed by atoms with Crippen molar-refractivity contribution in [3.05, 3.63) is 32.8 Å². The first-order chi connectivity index (χ1) is 9.03. The summed E-state index contributed by atoms with van der Waals surface area (Å²) >= 11 is 4.67. The molecular formula is C10H12BrN3O3S2. The van der Waals surface area contributed by atoms with E-state index in [-0.39, 0.29) is 11.4 Å². The molecule has 0 spiro atoms. The van der Waals surface area contributed by atoms with Crippen LogP contribution in [0.1, 0.15) is 10.6 Å². The predicted octanol–water partition coefficient (Wildman–Crippen LogP) is 1.70. The Hall–Kier alpha value is -0.740. The Balaban J connectivity index is 2.14. The minimum atomic E-state index is -3.57. The molecule has 0 aliphatic rings. The topological polar surface area (TPSA) is 84.2 Å². The van der Waals surface area contributed by atoms with Crippen molar-refractivity contribution in [2.45, 2.75) is 18.0 Å². The van der Waals surface area contributed by atoms with Crippen molar-refractivity contribution in [2.24, 2.45) is 0 Å². The van der Waals surface area contributed by atoms with E-state index in [2.05, 4.69) is 31.1 Å². The molecule has 104 valence electrons. The van der Waals surface area contributed by atoms with Crippen molar-refractivity contribution in [3.8, 4) is 0 Å². The summed E-state index contributed by atoms with van der Waals surface area (Å²) in [5, 5.41) is 6.50. The molecule has 0 atom stereocenters. The maximum absolute atomic E-state index is 12.1.